The van der Waals surface area contributed by atoms with Gasteiger partial charge >= 0.3 is 0 Å². The van der Waals surface area contributed by atoms with Crippen molar-refractivity contribution in [2.75, 3.05) is 0 Å². The lowest BCUT2D eigenvalue weighted by atomic mass is 9.89. The summed E-state index contributed by atoms with van der Waals surface area (Å²) in [4.78, 5) is 4.29. The fraction of sp³-hybridized carbons (Fsp3) is 0.700. The standard InChI is InChI=1S/C10H16N2O/c1-10(4-2-3-5-10)9-12-7-8(6-11)13-9/h7H,2-6,11H2,1H3. The normalized spacial score (nSPS) is 20.8. The largest absolute Gasteiger partial charge is 0.444 e. The van der Waals surface area contributed by atoms with Crippen LogP contribution in [-0.4, -0.2) is 4.98 Å². The van der Waals surface area contributed by atoms with Gasteiger partial charge in [0.25, 0.3) is 0 Å². The van der Waals surface area contributed by atoms with Gasteiger partial charge in [0.15, 0.2) is 5.89 Å². The summed E-state index contributed by atoms with van der Waals surface area (Å²) in [6, 6.07) is 0. The zero-order valence-electron chi connectivity index (χ0n) is 8.05. The van der Waals surface area contributed by atoms with E-state index >= 15 is 0 Å². The summed E-state index contributed by atoms with van der Waals surface area (Å²) in [5.41, 5.74) is 5.65. The molecule has 1 aromatic rings. The maximum absolute atomic E-state index is 5.58. The van der Waals surface area contributed by atoms with E-state index in [0.717, 1.165) is 11.7 Å². The Morgan fingerprint density at radius 3 is 2.77 bits per heavy atom. The summed E-state index contributed by atoms with van der Waals surface area (Å²) in [6.07, 6.45) is 6.71. The third-order valence-electron chi connectivity index (χ3n) is 2.98. The van der Waals surface area contributed by atoms with Crippen LogP contribution in [0.5, 0.6) is 0 Å². The van der Waals surface area contributed by atoms with E-state index in [-0.39, 0.29) is 5.41 Å². The van der Waals surface area contributed by atoms with Crippen LogP contribution in [0.4, 0.5) is 0 Å². The highest BCUT2D eigenvalue weighted by molar-refractivity contribution is 5.07. The molecule has 2 rings (SSSR count). The molecule has 3 nitrogen and oxygen atoms in total. The average molecular weight is 180 g/mol. The summed E-state index contributed by atoms with van der Waals surface area (Å²) >= 11 is 0. The molecular weight excluding hydrogens is 164 g/mol. The predicted molar refractivity (Wildman–Crippen MR) is 50.2 cm³/mol. The van der Waals surface area contributed by atoms with Crippen molar-refractivity contribution in [2.45, 2.75) is 44.6 Å². The fourth-order valence-corrected chi connectivity index (χ4v) is 2.05. The number of hydrogen-bond donors (Lipinski definition) is 1. The molecule has 0 atom stereocenters. The predicted octanol–water partition coefficient (Wildman–Crippen LogP) is 1.97. The van der Waals surface area contributed by atoms with Crippen LogP contribution in [0.3, 0.4) is 0 Å². The minimum absolute atomic E-state index is 0.174. The van der Waals surface area contributed by atoms with Gasteiger partial charge in [-0.1, -0.05) is 19.8 Å². The van der Waals surface area contributed by atoms with Crippen LogP contribution in [0.2, 0.25) is 0 Å². The quantitative estimate of drug-likeness (QED) is 0.757. The maximum Gasteiger partial charge on any atom is 0.200 e. The molecule has 0 radical (unpaired) electrons. The van der Waals surface area contributed by atoms with Crippen LogP contribution in [0.25, 0.3) is 0 Å². The number of aromatic nitrogens is 1. The molecule has 3 heteroatoms. The van der Waals surface area contributed by atoms with Crippen molar-refractivity contribution < 1.29 is 4.42 Å². The second-order valence-electron chi connectivity index (χ2n) is 4.10. The van der Waals surface area contributed by atoms with Crippen molar-refractivity contribution in [2.24, 2.45) is 5.73 Å². The van der Waals surface area contributed by atoms with E-state index in [0.29, 0.717) is 6.54 Å². The van der Waals surface area contributed by atoms with Crippen molar-refractivity contribution in [3.05, 3.63) is 17.8 Å². The Morgan fingerprint density at radius 1 is 1.54 bits per heavy atom. The van der Waals surface area contributed by atoms with Crippen LogP contribution >= 0.6 is 0 Å². The van der Waals surface area contributed by atoms with E-state index in [1.807, 2.05) is 0 Å². The second kappa shape index (κ2) is 3.14. The van der Waals surface area contributed by atoms with E-state index < -0.39 is 0 Å². The topological polar surface area (TPSA) is 52.0 Å². The molecule has 1 saturated carbocycles. The van der Waals surface area contributed by atoms with Gasteiger partial charge in [-0.05, 0) is 12.8 Å². The molecular formula is C10H16N2O. The van der Waals surface area contributed by atoms with E-state index in [1.165, 1.54) is 25.7 Å². The number of oxazole rings is 1. The minimum atomic E-state index is 0.174. The van der Waals surface area contributed by atoms with Crippen molar-refractivity contribution in [3.63, 3.8) is 0 Å². The molecule has 0 aromatic carbocycles. The minimum Gasteiger partial charge on any atom is -0.444 e. The zero-order chi connectivity index (χ0) is 9.31. The summed E-state index contributed by atoms with van der Waals surface area (Å²) in [5, 5.41) is 0. The molecule has 0 bridgehead atoms. The molecule has 1 fully saturated rings. The van der Waals surface area contributed by atoms with Crippen molar-refractivity contribution in [1.29, 1.82) is 0 Å². The number of rotatable bonds is 2. The molecule has 0 spiro atoms. The van der Waals surface area contributed by atoms with Crippen molar-refractivity contribution in [1.82, 2.24) is 4.98 Å². The molecule has 1 aliphatic rings. The lowest BCUT2D eigenvalue weighted by Crippen LogP contribution is -2.16. The highest BCUT2D eigenvalue weighted by Gasteiger charge is 2.34. The van der Waals surface area contributed by atoms with Gasteiger partial charge in [-0.15, -0.1) is 0 Å². The van der Waals surface area contributed by atoms with Crippen LogP contribution in [0, 0.1) is 0 Å². The van der Waals surface area contributed by atoms with Crippen molar-refractivity contribution >= 4 is 0 Å². The van der Waals surface area contributed by atoms with Gasteiger partial charge in [-0.3, -0.25) is 0 Å². The Labute approximate surface area is 78.3 Å². The Balaban J connectivity index is 2.23. The van der Waals surface area contributed by atoms with Gasteiger partial charge in [0.2, 0.25) is 0 Å². The van der Waals surface area contributed by atoms with Gasteiger partial charge < -0.3 is 10.2 Å². The van der Waals surface area contributed by atoms with Crippen molar-refractivity contribution in [3.8, 4) is 0 Å². The summed E-state index contributed by atoms with van der Waals surface area (Å²) in [6.45, 7) is 2.68. The van der Waals surface area contributed by atoms with E-state index in [1.54, 1.807) is 6.20 Å². The summed E-state index contributed by atoms with van der Waals surface area (Å²) in [5.74, 6) is 1.67. The van der Waals surface area contributed by atoms with Gasteiger partial charge in [0.1, 0.15) is 5.76 Å². The first-order valence-electron chi connectivity index (χ1n) is 4.90. The SMILES string of the molecule is CC1(c2ncc(CN)o2)CCCC1. The van der Waals surface area contributed by atoms with Crippen LogP contribution < -0.4 is 5.73 Å². The van der Waals surface area contributed by atoms with E-state index in [2.05, 4.69) is 11.9 Å². The van der Waals surface area contributed by atoms with Crippen LogP contribution in [0.1, 0.15) is 44.3 Å². The molecule has 2 N–H and O–H groups in total. The summed E-state index contributed by atoms with van der Waals surface area (Å²) < 4.78 is 5.58. The van der Waals surface area contributed by atoms with Gasteiger partial charge in [0.05, 0.1) is 12.7 Å². The molecule has 1 aliphatic carbocycles. The number of hydrogen-bond acceptors (Lipinski definition) is 3. The Morgan fingerprint density at radius 2 is 2.23 bits per heavy atom. The zero-order valence-corrected chi connectivity index (χ0v) is 8.05. The monoisotopic (exact) mass is 180 g/mol. The van der Waals surface area contributed by atoms with Gasteiger partial charge in [-0.25, -0.2) is 4.98 Å². The first kappa shape index (κ1) is 8.75. The molecule has 1 aromatic heterocycles. The maximum atomic E-state index is 5.58. The molecule has 0 saturated heterocycles. The lowest BCUT2D eigenvalue weighted by Gasteiger charge is -2.18. The molecule has 0 aliphatic heterocycles. The first-order chi connectivity index (χ1) is 6.24. The second-order valence-corrected chi connectivity index (χ2v) is 4.10. The highest BCUT2D eigenvalue weighted by Crippen LogP contribution is 2.39. The highest BCUT2D eigenvalue weighted by atomic mass is 16.4. The Bertz CT molecular complexity index is 287. The Kier molecular flexibility index (Phi) is 2.12. The number of nitrogens with two attached hydrogens (primary N) is 1. The van der Waals surface area contributed by atoms with Gasteiger partial charge in [-0.2, -0.15) is 0 Å². The first-order valence-corrected chi connectivity index (χ1v) is 4.90. The molecule has 1 heterocycles. The van der Waals surface area contributed by atoms with Crippen LogP contribution in [0.15, 0.2) is 10.6 Å². The average Bonchev–Trinajstić information content (AvgIpc) is 2.72. The molecule has 13 heavy (non-hydrogen) atoms. The third kappa shape index (κ3) is 1.48. The molecule has 72 valence electrons. The van der Waals surface area contributed by atoms with Gasteiger partial charge in [0, 0.05) is 5.41 Å². The van der Waals surface area contributed by atoms with Crippen LogP contribution in [-0.2, 0) is 12.0 Å². The summed E-state index contributed by atoms with van der Waals surface area (Å²) in [7, 11) is 0. The molecule has 0 unspecified atom stereocenters. The molecule has 0 amide bonds. The smallest absolute Gasteiger partial charge is 0.200 e. The van der Waals surface area contributed by atoms with E-state index in [4.69, 9.17) is 10.2 Å². The Hall–Kier alpha value is -0.830. The number of nitrogens with zero attached hydrogens (tertiary/aromatic N) is 1. The third-order valence-corrected chi connectivity index (χ3v) is 2.98. The lowest BCUT2D eigenvalue weighted by molar-refractivity contribution is 0.337. The fourth-order valence-electron chi connectivity index (χ4n) is 2.05. The van der Waals surface area contributed by atoms with E-state index in [9.17, 15) is 0 Å².